The van der Waals surface area contributed by atoms with Crippen LogP contribution in [-0.4, -0.2) is 17.5 Å². The summed E-state index contributed by atoms with van der Waals surface area (Å²) in [5.41, 5.74) is 9.59. The van der Waals surface area contributed by atoms with Crippen molar-refractivity contribution in [1.82, 2.24) is 10.2 Å². The second-order valence-electron chi connectivity index (χ2n) is 7.14. The van der Waals surface area contributed by atoms with Gasteiger partial charge < -0.3 is 16.0 Å². The number of nitrogens with zero attached hydrogens (tertiary/aromatic N) is 1. The molecule has 0 aromatic heterocycles. The molecule has 0 spiro atoms. The van der Waals surface area contributed by atoms with Gasteiger partial charge in [0.25, 0.3) is 0 Å². The number of carbonyl (C=O) groups is 1. The summed E-state index contributed by atoms with van der Waals surface area (Å²) >= 11 is 0. The van der Waals surface area contributed by atoms with Gasteiger partial charge in [0, 0.05) is 11.8 Å². The number of carbonyl (C=O) groups excluding carboxylic acids is 1. The van der Waals surface area contributed by atoms with E-state index >= 15 is 0 Å². The van der Waals surface area contributed by atoms with Gasteiger partial charge in [0.1, 0.15) is 0 Å². The molecular weight excluding hydrogens is 286 g/mol. The Balaban J connectivity index is 1.65. The molecule has 3 aliphatic rings. The summed E-state index contributed by atoms with van der Waals surface area (Å²) < 4.78 is 0. The van der Waals surface area contributed by atoms with Crippen LogP contribution in [0.4, 0.5) is 0 Å². The Morgan fingerprint density at radius 2 is 2.04 bits per heavy atom. The zero-order valence-electron chi connectivity index (χ0n) is 13.5. The van der Waals surface area contributed by atoms with E-state index in [1.54, 1.807) is 0 Å². The molecule has 1 aromatic carbocycles. The number of primary amides is 1. The summed E-state index contributed by atoms with van der Waals surface area (Å²) in [6.07, 6.45) is 9.43. The van der Waals surface area contributed by atoms with Crippen LogP contribution in [0.15, 0.2) is 30.5 Å². The van der Waals surface area contributed by atoms with Crippen molar-refractivity contribution < 1.29 is 4.79 Å². The zero-order chi connectivity index (χ0) is 15.8. The third-order valence-corrected chi connectivity index (χ3v) is 5.76. The molecular formula is C19H25N3O. The Morgan fingerprint density at radius 3 is 2.83 bits per heavy atom. The molecule has 1 fully saturated rings. The molecule has 2 heterocycles. The number of hydrogen-bond donors (Lipinski definition) is 2. The van der Waals surface area contributed by atoms with Gasteiger partial charge in [0.05, 0.1) is 24.3 Å². The van der Waals surface area contributed by atoms with Gasteiger partial charge in [-0.2, -0.15) is 0 Å². The zero-order valence-corrected chi connectivity index (χ0v) is 13.5. The number of hydrogen-bond acceptors (Lipinski definition) is 3. The molecule has 1 amide bonds. The van der Waals surface area contributed by atoms with Gasteiger partial charge in [-0.3, -0.25) is 4.79 Å². The smallest absolute Gasteiger partial charge is 0.222 e. The lowest BCUT2D eigenvalue weighted by Crippen LogP contribution is -2.37. The van der Waals surface area contributed by atoms with Gasteiger partial charge in [-0.25, -0.2) is 0 Å². The first kappa shape index (κ1) is 14.6. The first-order chi connectivity index (χ1) is 11.3. The van der Waals surface area contributed by atoms with Gasteiger partial charge in [0.15, 0.2) is 0 Å². The van der Waals surface area contributed by atoms with E-state index in [0.717, 1.165) is 13.1 Å². The second kappa shape index (κ2) is 5.91. The number of fused-ring (bicyclic) bond motifs is 3. The van der Waals surface area contributed by atoms with Crippen LogP contribution in [0, 0.1) is 11.8 Å². The van der Waals surface area contributed by atoms with Gasteiger partial charge in [-0.05, 0) is 17.9 Å². The molecule has 1 aliphatic carbocycles. The fourth-order valence-corrected chi connectivity index (χ4v) is 4.66. The van der Waals surface area contributed by atoms with Crippen molar-refractivity contribution in [2.45, 2.75) is 44.6 Å². The molecule has 1 aromatic rings. The molecule has 0 saturated heterocycles. The van der Waals surface area contributed by atoms with E-state index in [9.17, 15) is 4.79 Å². The predicted octanol–water partition coefficient (Wildman–Crippen LogP) is 2.97. The first-order valence-electron chi connectivity index (χ1n) is 8.84. The summed E-state index contributed by atoms with van der Waals surface area (Å²) in [6, 6.07) is 8.54. The highest BCUT2D eigenvalue weighted by molar-refractivity contribution is 5.81. The van der Waals surface area contributed by atoms with Crippen molar-refractivity contribution in [3.63, 3.8) is 0 Å². The molecule has 2 atom stereocenters. The van der Waals surface area contributed by atoms with E-state index < -0.39 is 0 Å². The summed E-state index contributed by atoms with van der Waals surface area (Å²) in [5, 5.41) is 3.30. The van der Waals surface area contributed by atoms with Crippen LogP contribution in [-0.2, 0) is 4.79 Å². The van der Waals surface area contributed by atoms with Crippen molar-refractivity contribution in [2.75, 3.05) is 6.67 Å². The Labute approximate surface area is 137 Å². The van der Waals surface area contributed by atoms with E-state index in [4.69, 9.17) is 5.73 Å². The summed E-state index contributed by atoms with van der Waals surface area (Å²) in [6.45, 7) is 0.767. The molecule has 0 radical (unpaired) electrons. The molecule has 4 nitrogen and oxygen atoms in total. The Hall–Kier alpha value is -1.97. The van der Waals surface area contributed by atoms with Crippen LogP contribution in [0.5, 0.6) is 0 Å². The van der Waals surface area contributed by atoms with Crippen molar-refractivity contribution in [3.8, 4) is 0 Å². The number of rotatable bonds is 4. The van der Waals surface area contributed by atoms with Crippen LogP contribution in [0.2, 0.25) is 0 Å². The average Bonchev–Trinajstić information content (AvgIpc) is 3.14. The highest BCUT2D eigenvalue weighted by Gasteiger charge is 2.42. The molecule has 2 unspecified atom stereocenters. The average molecular weight is 311 g/mol. The minimum absolute atomic E-state index is 0.0897. The SMILES string of the molecule is NC(=O)C(CC1CCCCC1)C1c2ccccc2C2=CNCN21. The highest BCUT2D eigenvalue weighted by Crippen LogP contribution is 2.48. The molecule has 0 bridgehead atoms. The first-order valence-corrected chi connectivity index (χ1v) is 8.84. The van der Waals surface area contributed by atoms with Crippen LogP contribution >= 0.6 is 0 Å². The van der Waals surface area contributed by atoms with Crippen LogP contribution in [0.3, 0.4) is 0 Å². The topological polar surface area (TPSA) is 58.4 Å². The number of nitrogens with one attached hydrogen (secondary N) is 1. The Kier molecular flexibility index (Phi) is 3.76. The quantitative estimate of drug-likeness (QED) is 0.899. The minimum Gasteiger partial charge on any atom is -0.372 e. The molecule has 1 saturated carbocycles. The highest BCUT2D eigenvalue weighted by atomic mass is 16.1. The van der Waals surface area contributed by atoms with Crippen LogP contribution in [0.1, 0.15) is 55.7 Å². The van der Waals surface area contributed by atoms with Crippen molar-refractivity contribution in [3.05, 3.63) is 41.6 Å². The summed E-state index contributed by atoms with van der Waals surface area (Å²) in [5.74, 6) is 0.394. The fraction of sp³-hybridized carbons (Fsp3) is 0.526. The lowest BCUT2D eigenvalue weighted by atomic mass is 9.79. The second-order valence-corrected chi connectivity index (χ2v) is 7.14. The Bertz CT molecular complexity index is 633. The van der Waals surface area contributed by atoms with E-state index in [0.29, 0.717) is 5.92 Å². The molecule has 122 valence electrons. The predicted molar refractivity (Wildman–Crippen MR) is 90.9 cm³/mol. The molecule has 3 N–H and O–H groups in total. The maximum atomic E-state index is 12.3. The number of amides is 1. The molecule has 23 heavy (non-hydrogen) atoms. The maximum absolute atomic E-state index is 12.3. The third kappa shape index (κ3) is 2.50. The molecule has 4 rings (SSSR count). The van der Waals surface area contributed by atoms with Gasteiger partial charge in [0.2, 0.25) is 5.91 Å². The van der Waals surface area contributed by atoms with Crippen molar-refractivity contribution >= 4 is 11.6 Å². The van der Waals surface area contributed by atoms with Gasteiger partial charge in [-0.15, -0.1) is 0 Å². The Morgan fingerprint density at radius 1 is 1.26 bits per heavy atom. The summed E-state index contributed by atoms with van der Waals surface area (Å²) in [4.78, 5) is 14.6. The van der Waals surface area contributed by atoms with Crippen LogP contribution in [0.25, 0.3) is 5.70 Å². The van der Waals surface area contributed by atoms with Crippen molar-refractivity contribution in [2.24, 2.45) is 17.6 Å². The number of benzene rings is 1. The normalized spacial score (nSPS) is 24.6. The van der Waals surface area contributed by atoms with Gasteiger partial charge >= 0.3 is 0 Å². The fourth-order valence-electron chi connectivity index (χ4n) is 4.66. The molecule has 4 heteroatoms. The minimum atomic E-state index is -0.150. The largest absolute Gasteiger partial charge is 0.372 e. The summed E-state index contributed by atoms with van der Waals surface area (Å²) in [7, 11) is 0. The lowest BCUT2D eigenvalue weighted by Gasteiger charge is -2.33. The number of nitrogens with two attached hydrogens (primary N) is 1. The van der Waals surface area contributed by atoms with Crippen LogP contribution < -0.4 is 11.1 Å². The monoisotopic (exact) mass is 311 g/mol. The van der Waals surface area contributed by atoms with Crippen molar-refractivity contribution in [1.29, 1.82) is 0 Å². The maximum Gasteiger partial charge on any atom is 0.222 e. The van der Waals surface area contributed by atoms with E-state index in [1.165, 1.54) is 48.9 Å². The molecule has 2 aliphatic heterocycles. The third-order valence-electron chi connectivity index (χ3n) is 5.76. The lowest BCUT2D eigenvalue weighted by molar-refractivity contribution is -0.124. The standard InChI is InChI=1S/C19H25N3O/c20-19(23)16(10-13-6-2-1-3-7-13)18-15-9-5-4-8-14(15)17-11-21-12-22(17)18/h4-5,8-9,11,13,16,18,21H,1-3,6-7,10,12H2,(H2,20,23). The van der Waals surface area contributed by atoms with Gasteiger partial charge in [-0.1, -0.05) is 56.4 Å². The van der Waals surface area contributed by atoms with E-state index in [-0.39, 0.29) is 17.9 Å². The van der Waals surface area contributed by atoms with E-state index in [2.05, 4.69) is 40.7 Å². The van der Waals surface area contributed by atoms with E-state index in [1.807, 2.05) is 0 Å².